The van der Waals surface area contributed by atoms with E-state index in [9.17, 15) is 0 Å². The van der Waals surface area contributed by atoms with Crippen molar-refractivity contribution in [3.63, 3.8) is 0 Å². The van der Waals surface area contributed by atoms with Crippen LogP contribution < -0.4 is 0 Å². The van der Waals surface area contributed by atoms with E-state index in [-0.39, 0.29) is 5.41 Å². The molecule has 0 rings (SSSR count). The third-order valence-corrected chi connectivity index (χ3v) is 2.96. The lowest BCUT2D eigenvalue weighted by Crippen LogP contribution is -2.19. The van der Waals surface area contributed by atoms with Crippen molar-refractivity contribution in [3.05, 3.63) is 36.5 Å². The quantitative estimate of drug-likeness (QED) is 0.345. The second-order valence-electron chi connectivity index (χ2n) is 4.19. The number of aliphatic imine (C=N–C) groups is 1. The van der Waals surface area contributed by atoms with Crippen molar-refractivity contribution in [3.8, 4) is 0 Å². The number of rotatable bonds is 7. The van der Waals surface area contributed by atoms with Gasteiger partial charge in [-0.1, -0.05) is 58.0 Å². The summed E-state index contributed by atoms with van der Waals surface area (Å²) in [5.41, 5.74) is 1.61. The Hall–Kier alpha value is -1.05. The molecular formula is C14H22BN. The largest absolute Gasteiger partial charge is 0.261 e. The Morgan fingerprint density at radius 3 is 2.38 bits per heavy atom. The molecular weight excluding hydrogens is 193 g/mol. The highest BCUT2D eigenvalue weighted by molar-refractivity contribution is 6.24. The molecule has 0 saturated carbocycles. The third-order valence-electron chi connectivity index (χ3n) is 2.96. The van der Waals surface area contributed by atoms with Gasteiger partial charge in [0.25, 0.3) is 0 Å². The molecule has 0 aromatic rings. The summed E-state index contributed by atoms with van der Waals surface area (Å²) in [5.74, 6) is 0. The smallest absolute Gasteiger partial charge is 0.116 e. The first-order valence-corrected chi connectivity index (χ1v) is 5.83. The Morgan fingerprint density at radius 1 is 1.38 bits per heavy atom. The fraction of sp³-hybridized carbons (Fsp3) is 0.500. The van der Waals surface area contributed by atoms with Gasteiger partial charge in [0.15, 0.2) is 0 Å². The van der Waals surface area contributed by atoms with Gasteiger partial charge >= 0.3 is 0 Å². The van der Waals surface area contributed by atoms with E-state index < -0.39 is 0 Å². The zero-order chi connectivity index (χ0) is 12.6. The van der Waals surface area contributed by atoms with Gasteiger partial charge in [0, 0.05) is 17.3 Å². The van der Waals surface area contributed by atoms with Gasteiger partial charge in [0.2, 0.25) is 0 Å². The second kappa shape index (κ2) is 7.26. The molecule has 0 bridgehead atoms. The highest BCUT2D eigenvalue weighted by Crippen LogP contribution is 2.37. The zero-order valence-corrected chi connectivity index (χ0v) is 10.8. The van der Waals surface area contributed by atoms with Crippen molar-refractivity contribution in [2.75, 3.05) is 0 Å². The summed E-state index contributed by atoms with van der Waals surface area (Å²) >= 11 is 0. The Kier molecular flexibility index (Phi) is 6.79. The van der Waals surface area contributed by atoms with Crippen molar-refractivity contribution in [2.24, 2.45) is 10.4 Å². The normalized spacial score (nSPS) is 16.7. The lowest BCUT2D eigenvalue weighted by Gasteiger charge is -2.30. The minimum absolute atomic E-state index is 0.0204. The van der Waals surface area contributed by atoms with Crippen molar-refractivity contribution < 1.29 is 0 Å². The van der Waals surface area contributed by atoms with Crippen LogP contribution in [0.4, 0.5) is 0 Å². The summed E-state index contributed by atoms with van der Waals surface area (Å²) < 4.78 is 0. The first-order valence-electron chi connectivity index (χ1n) is 5.83. The summed E-state index contributed by atoms with van der Waals surface area (Å²) in [7, 11) is 5.96. The number of allylic oxidation sites excluding steroid dienone is 4. The minimum atomic E-state index is 0.0204. The van der Waals surface area contributed by atoms with Crippen LogP contribution in [0.25, 0.3) is 0 Å². The molecule has 86 valence electrons. The first kappa shape index (κ1) is 15.0. The Balaban J connectivity index is 5.38. The molecule has 0 aliphatic carbocycles. The Bertz CT molecular complexity index is 302. The average molecular weight is 215 g/mol. The van der Waals surface area contributed by atoms with E-state index in [4.69, 9.17) is 7.85 Å². The molecule has 0 amide bonds. The standard InChI is InChI=1S/C14H22BN/c1-6-10-14(5,9-4)13(12(15)8-3)16-11-7-2/h7-8,11H,2-3,6,9-10H2,1,4-5H3/b13-12+,16-11?. The van der Waals surface area contributed by atoms with Crippen LogP contribution in [0, 0.1) is 5.41 Å². The van der Waals surface area contributed by atoms with Gasteiger partial charge in [0.1, 0.15) is 7.85 Å². The van der Waals surface area contributed by atoms with Crippen LogP contribution in [0.5, 0.6) is 0 Å². The van der Waals surface area contributed by atoms with Crippen molar-refractivity contribution in [2.45, 2.75) is 40.0 Å². The topological polar surface area (TPSA) is 12.4 Å². The molecule has 0 aliphatic heterocycles. The van der Waals surface area contributed by atoms with Crippen molar-refractivity contribution in [1.82, 2.24) is 0 Å². The number of nitrogens with zero attached hydrogens (tertiary/aromatic N) is 1. The van der Waals surface area contributed by atoms with E-state index in [1.165, 1.54) is 0 Å². The predicted octanol–water partition coefficient (Wildman–Crippen LogP) is 4.03. The van der Waals surface area contributed by atoms with E-state index in [1.54, 1.807) is 18.4 Å². The highest BCUT2D eigenvalue weighted by atomic mass is 14.8. The molecule has 0 N–H and O–H groups in total. The maximum Gasteiger partial charge on any atom is 0.116 e. The maximum absolute atomic E-state index is 5.96. The third kappa shape index (κ3) is 3.84. The highest BCUT2D eigenvalue weighted by Gasteiger charge is 2.26. The number of hydrogen-bond donors (Lipinski definition) is 0. The fourth-order valence-corrected chi connectivity index (χ4v) is 1.82. The zero-order valence-electron chi connectivity index (χ0n) is 10.8. The van der Waals surface area contributed by atoms with Gasteiger partial charge in [-0.05, 0) is 12.8 Å². The van der Waals surface area contributed by atoms with Crippen molar-refractivity contribution >= 4 is 14.1 Å². The molecule has 16 heavy (non-hydrogen) atoms. The molecule has 1 unspecified atom stereocenters. The van der Waals surface area contributed by atoms with Crippen LogP contribution >= 0.6 is 0 Å². The average Bonchev–Trinajstić information content (AvgIpc) is 2.29. The molecule has 0 fully saturated rings. The van der Waals surface area contributed by atoms with E-state index >= 15 is 0 Å². The molecule has 0 spiro atoms. The summed E-state index contributed by atoms with van der Waals surface area (Å²) in [4.78, 5) is 4.41. The van der Waals surface area contributed by atoms with Crippen molar-refractivity contribution in [1.29, 1.82) is 0 Å². The first-order chi connectivity index (χ1) is 7.55. The Labute approximate surface area is 101 Å². The molecule has 1 nitrogen and oxygen atoms in total. The summed E-state index contributed by atoms with van der Waals surface area (Å²) in [5, 5.41) is 0. The minimum Gasteiger partial charge on any atom is -0.261 e. The predicted molar refractivity (Wildman–Crippen MR) is 75.0 cm³/mol. The molecule has 0 heterocycles. The Morgan fingerprint density at radius 2 is 2.00 bits per heavy atom. The molecule has 0 aromatic heterocycles. The van der Waals surface area contributed by atoms with Crippen LogP contribution in [0.15, 0.2) is 41.5 Å². The van der Waals surface area contributed by atoms with E-state index in [0.717, 1.165) is 25.0 Å². The monoisotopic (exact) mass is 215 g/mol. The molecule has 2 heteroatoms. The number of hydrogen-bond acceptors (Lipinski definition) is 1. The van der Waals surface area contributed by atoms with Crippen LogP contribution in [-0.4, -0.2) is 14.1 Å². The van der Waals surface area contributed by atoms with Crippen LogP contribution in [0.1, 0.15) is 40.0 Å². The van der Waals surface area contributed by atoms with Gasteiger partial charge in [-0.3, -0.25) is 4.99 Å². The summed E-state index contributed by atoms with van der Waals surface area (Å²) in [6, 6.07) is 0. The molecule has 0 saturated heterocycles. The van der Waals surface area contributed by atoms with Crippen LogP contribution in [0.3, 0.4) is 0 Å². The van der Waals surface area contributed by atoms with E-state index in [2.05, 4.69) is 38.9 Å². The van der Waals surface area contributed by atoms with Crippen LogP contribution in [0.2, 0.25) is 0 Å². The van der Waals surface area contributed by atoms with E-state index in [0.29, 0.717) is 5.47 Å². The van der Waals surface area contributed by atoms with Gasteiger partial charge in [-0.15, -0.1) is 0 Å². The maximum atomic E-state index is 5.96. The van der Waals surface area contributed by atoms with Gasteiger partial charge in [0.05, 0.1) is 0 Å². The lowest BCUT2D eigenvalue weighted by atomic mass is 9.74. The fourth-order valence-electron chi connectivity index (χ4n) is 1.82. The van der Waals surface area contributed by atoms with Crippen LogP contribution in [-0.2, 0) is 0 Å². The molecule has 0 aromatic carbocycles. The second-order valence-corrected chi connectivity index (χ2v) is 4.19. The molecule has 0 aliphatic rings. The van der Waals surface area contributed by atoms with Gasteiger partial charge in [-0.2, -0.15) is 0 Å². The SMILES string of the molecule is [B]/C(C=C)=C(/N=CC=C)C(C)(CC)CCC. The lowest BCUT2D eigenvalue weighted by molar-refractivity contribution is 0.343. The summed E-state index contributed by atoms with van der Waals surface area (Å²) in [6.07, 6.45) is 8.22. The van der Waals surface area contributed by atoms with E-state index in [1.807, 2.05) is 0 Å². The molecule has 2 radical (unpaired) electrons. The summed E-state index contributed by atoms with van der Waals surface area (Å²) in [6.45, 7) is 13.9. The van der Waals surface area contributed by atoms with Gasteiger partial charge < -0.3 is 0 Å². The molecule has 1 atom stereocenters. The van der Waals surface area contributed by atoms with Gasteiger partial charge in [-0.25, -0.2) is 0 Å².